The molecule has 1 aliphatic rings. The number of hydrogen-bond acceptors (Lipinski definition) is 11. The largest absolute Gasteiger partial charge is 0.479 e. The molecule has 6 atom stereocenters. The van der Waals surface area contributed by atoms with Crippen LogP contribution >= 0.6 is 0 Å². The molecular formula is C63H100O12. The first-order valence-electron chi connectivity index (χ1n) is 28.9. The molecule has 6 unspecified atom stereocenters. The van der Waals surface area contributed by atoms with Crippen LogP contribution in [0.3, 0.4) is 0 Å². The van der Waals surface area contributed by atoms with Gasteiger partial charge in [-0.2, -0.15) is 0 Å². The molecule has 1 rings (SSSR count). The molecule has 0 bridgehead atoms. The van der Waals surface area contributed by atoms with Crippen LogP contribution in [0.5, 0.6) is 0 Å². The van der Waals surface area contributed by atoms with Crippen molar-refractivity contribution >= 4 is 23.9 Å². The van der Waals surface area contributed by atoms with E-state index in [1.54, 1.807) is 0 Å². The van der Waals surface area contributed by atoms with Crippen LogP contribution in [0.15, 0.2) is 109 Å². The highest BCUT2D eigenvalue weighted by molar-refractivity contribution is 5.74. The lowest BCUT2D eigenvalue weighted by Crippen LogP contribution is -2.61. The van der Waals surface area contributed by atoms with Gasteiger partial charge in [0, 0.05) is 19.3 Å². The van der Waals surface area contributed by atoms with Crippen LogP contribution in [0.2, 0.25) is 0 Å². The number of aliphatic carboxylic acids is 1. The summed E-state index contributed by atoms with van der Waals surface area (Å²) in [7, 11) is 0. The summed E-state index contributed by atoms with van der Waals surface area (Å²) in [4.78, 5) is 51.0. The number of esters is 3. The highest BCUT2D eigenvalue weighted by Gasteiger charge is 2.50. The Morgan fingerprint density at radius 3 is 1.35 bits per heavy atom. The third kappa shape index (κ3) is 40.3. The third-order valence-corrected chi connectivity index (χ3v) is 12.3. The first-order valence-corrected chi connectivity index (χ1v) is 28.9. The van der Waals surface area contributed by atoms with Crippen molar-refractivity contribution in [1.82, 2.24) is 0 Å². The Balaban J connectivity index is 2.73. The summed E-state index contributed by atoms with van der Waals surface area (Å²) in [6, 6.07) is 0. The van der Waals surface area contributed by atoms with E-state index >= 15 is 0 Å². The van der Waals surface area contributed by atoms with Crippen molar-refractivity contribution in [2.24, 2.45) is 0 Å². The molecule has 12 heteroatoms. The molecule has 0 amide bonds. The molecule has 3 N–H and O–H groups in total. The predicted molar refractivity (Wildman–Crippen MR) is 303 cm³/mol. The number of unbranched alkanes of at least 4 members (excludes halogenated alkanes) is 15. The van der Waals surface area contributed by atoms with Gasteiger partial charge >= 0.3 is 23.9 Å². The summed E-state index contributed by atoms with van der Waals surface area (Å²) in [5.41, 5.74) is 0. The van der Waals surface area contributed by atoms with Crippen LogP contribution in [0.1, 0.15) is 213 Å². The minimum Gasteiger partial charge on any atom is -0.479 e. The lowest BCUT2D eigenvalue weighted by atomic mass is 9.98. The number of aliphatic hydroxyl groups excluding tert-OH is 2. The van der Waals surface area contributed by atoms with E-state index in [2.05, 4.69) is 118 Å². The molecule has 0 radical (unpaired) electrons. The molecule has 0 aromatic rings. The molecule has 0 saturated carbocycles. The van der Waals surface area contributed by atoms with Crippen molar-refractivity contribution in [2.45, 2.75) is 250 Å². The molecule has 0 aromatic heterocycles. The molecule has 1 aliphatic heterocycles. The zero-order valence-electron chi connectivity index (χ0n) is 46.5. The van der Waals surface area contributed by atoms with E-state index in [0.717, 1.165) is 128 Å². The average Bonchev–Trinajstić information content (AvgIpc) is 3.39. The Morgan fingerprint density at radius 2 is 0.867 bits per heavy atom. The predicted octanol–water partition coefficient (Wildman–Crippen LogP) is 14.7. The van der Waals surface area contributed by atoms with Crippen molar-refractivity contribution in [3.05, 3.63) is 109 Å². The first-order chi connectivity index (χ1) is 36.6. The zero-order chi connectivity index (χ0) is 54.7. The molecule has 424 valence electrons. The van der Waals surface area contributed by atoms with E-state index in [9.17, 15) is 34.5 Å². The average molecular weight is 1050 g/mol. The monoisotopic (exact) mass is 1050 g/mol. The van der Waals surface area contributed by atoms with Gasteiger partial charge in [-0.25, -0.2) is 4.79 Å². The smallest absolute Gasteiger partial charge is 0.335 e. The van der Waals surface area contributed by atoms with E-state index in [-0.39, 0.29) is 25.9 Å². The van der Waals surface area contributed by atoms with Crippen molar-refractivity contribution in [3.63, 3.8) is 0 Å². The second-order valence-electron chi connectivity index (χ2n) is 19.2. The second kappa shape index (κ2) is 50.2. The number of carboxylic acids is 1. The molecule has 0 aliphatic carbocycles. The number of aliphatic hydroxyl groups is 2. The summed E-state index contributed by atoms with van der Waals surface area (Å²) in [5, 5.41) is 31.5. The van der Waals surface area contributed by atoms with E-state index in [1.165, 1.54) is 25.7 Å². The van der Waals surface area contributed by atoms with E-state index in [1.807, 2.05) is 12.2 Å². The van der Waals surface area contributed by atoms with Crippen molar-refractivity contribution in [1.29, 1.82) is 0 Å². The normalized spacial score (nSPS) is 19.0. The summed E-state index contributed by atoms with van der Waals surface area (Å²) in [5.74, 6) is -3.27. The van der Waals surface area contributed by atoms with Gasteiger partial charge in [-0.3, -0.25) is 14.4 Å². The van der Waals surface area contributed by atoms with Gasteiger partial charge in [-0.05, 0) is 109 Å². The molecule has 12 nitrogen and oxygen atoms in total. The second-order valence-corrected chi connectivity index (χ2v) is 19.2. The molecule has 0 spiro atoms. The number of allylic oxidation sites excluding steroid dienone is 18. The quantitative estimate of drug-likeness (QED) is 0.0228. The highest BCUT2D eigenvalue weighted by atomic mass is 16.7. The van der Waals surface area contributed by atoms with Crippen LogP contribution in [0.4, 0.5) is 0 Å². The number of carbonyl (C=O) groups excluding carboxylic acids is 3. The summed E-state index contributed by atoms with van der Waals surface area (Å²) in [6.45, 7) is 5.65. The number of ether oxygens (including phenoxy) is 5. The van der Waals surface area contributed by atoms with Gasteiger partial charge in [0.2, 0.25) is 0 Å². The molecule has 1 fully saturated rings. The SMILES string of the molecule is CC/C=C\C/C=C\C/C=C\C/C=C\CCCCCCCCC(=O)OC1C(OCC(COC(=O)CC/C=C\C/C=C\C/C=C\C/C=C\CC)OC(=O)CCCCCCC/C=C\CCCCCC)OC(C(=O)O)C(O)C1O. The Morgan fingerprint density at radius 1 is 0.453 bits per heavy atom. The molecule has 1 saturated heterocycles. The van der Waals surface area contributed by atoms with Gasteiger partial charge < -0.3 is 39.0 Å². The van der Waals surface area contributed by atoms with Gasteiger partial charge in [0.25, 0.3) is 0 Å². The summed E-state index contributed by atoms with van der Waals surface area (Å²) < 4.78 is 28.3. The summed E-state index contributed by atoms with van der Waals surface area (Å²) in [6.07, 6.45) is 55.0. The Bertz CT molecular complexity index is 1720. The number of rotatable bonds is 47. The third-order valence-electron chi connectivity index (χ3n) is 12.3. The Kier molecular flexibility index (Phi) is 45.8. The van der Waals surface area contributed by atoms with Crippen molar-refractivity contribution in [3.8, 4) is 0 Å². The maximum atomic E-state index is 13.1. The fraction of sp³-hybridized carbons (Fsp3) is 0.651. The van der Waals surface area contributed by atoms with E-state index in [4.69, 9.17) is 23.7 Å². The van der Waals surface area contributed by atoms with Crippen LogP contribution < -0.4 is 0 Å². The van der Waals surface area contributed by atoms with Gasteiger partial charge in [0.05, 0.1) is 6.61 Å². The van der Waals surface area contributed by atoms with Crippen molar-refractivity contribution < 1.29 is 58.2 Å². The van der Waals surface area contributed by atoms with Crippen LogP contribution in [0.25, 0.3) is 0 Å². The minimum absolute atomic E-state index is 0.0314. The first kappa shape index (κ1) is 68.4. The van der Waals surface area contributed by atoms with Gasteiger partial charge in [-0.1, -0.05) is 194 Å². The van der Waals surface area contributed by atoms with E-state index < -0.39 is 67.3 Å². The fourth-order valence-corrected chi connectivity index (χ4v) is 7.95. The van der Waals surface area contributed by atoms with Crippen molar-refractivity contribution in [2.75, 3.05) is 13.2 Å². The Hall–Kier alpha value is -4.62. The lowest BCUT2D eigenvalue weighted by Gasteiger charge is -2.40. The molecule has 0 aromatic carbocycles. The zero-order valence-corrected chi connectivity index (χ0v) is 46.5. The fourth-order valence-electron chi connectivity index (χ4n) is 7.95. The van der Waals surface area contributed by atoms with Crippen LogP contribution in [-0.2, 0) is 42.9 Å². The molecule has 1 heterocycles. The topological polar surface area (TPSA) is 175 Å². The van der Waals surface area contributed by atoms with Gasteiger partial charge in [0.15, 0.2) is 24.6 Å². The highest BCUT2D eigenvalue weighted by Crippen LogP contribution is 2.26. The maximum absolute atomic E-state index is 13.1. The number of carboxylic acid groups (broad SMARTS) is 1. The van der Waals surface area contributed by atoms with Crippen LogP contribution in [-0.4, -0.2) is 89.2 Å². The molecular weight excluding hydrogens is 949 g/mol. The standard InChI is InChI=1S/C63H100O12/c1-4-7-10-13-16-19-22-25-26-27-28-29-30-33-36-39-42-45-48-51-57(66)74-61-59(68)58(67)60(62(69)70)75-63(61)72-53-54(73-56(65)50-47-44-41-38-35-32-24-21-18-15-12-9-6-3)52-71-55(64)49-46-43-40-37-34-31-23-20-17-14-11-8-5-2/h7-8,10-11,16-17,19-21,24-26,28-29,31,34,40,43,54,58-61,63,67-68H,4-6,9,12-15,18,22-23,27,30,32-33,35-39,41-42,44-53H2,1-3H3,(H,69,70)/b10-7-,11-8-,19-16-,20-17-,24-21-,26-25-,29-28-,34-31-,43-40-. The lowest BCUT2D eigenvalue weighted by molar-refractivity contribution is -0.301. The Labute approximate surface area is 453 Å². The number of hydrogen-bond donors (Lipinski definition) is 3. The molecule has 75 heavy (non-hydrogen) atoms. The van der Waals surface area contributed by atoms with Gasteiger partial charge in [-0.15, -0.1) is 0 Å². The van der Waals surface area contributed by atoms with E-state index in [0.29, 0.717) is 19.3 Å². The van der Waals surface area contributed by atoms with Crippen LogP contribution in [0, 0.1) is 0 Å². The number of carbonyl (C=O) groups is 4. The summed E-state index contributed by atoms with van der Waals surface area (Å²) >= 11 is 0. The maximum Gasteiger partial charge on any atom is 0.335 e. The minimum atomic E-state index is -1.92. The van der Waals surface area contributed by atoms with Gasteiger partial charge in [0.1, 0.15) is 18.8 Å².